The smallest absolute Gasteiger partial charge is 0.358 e. The molecule has 0 fully saturated rings. The molecule has 1 rings (SSSR count). The molecule has 0 amide bonds. The van der Waals surface area contributed by atoms with Gasteiger partial charge in [0.25, 0.3) is 0 Å². The Morgan fingerprint density at radius 2 is 2.38 bits per heavy atom. The number of methoxy groups -OCH3 is 1. The minimum Gasteiger partial charge on any atom is -0.464 e. The monoisotopic (exact) mass is 204 g/mol. The molecule has 0 atom stereocenters. The second-order valence-electron chi connectivity index (χ2n) is 2.19. The molecule has 0 aliphatic carbocycles. The van der Waals surface area contributed by atoms with Crippen LogP contribution in [-0.2, 0) is 4.74 Å². The Balaban J connectivity index is 3.23. The Morgan fingerprint density at radius 1 is 1.77 bits per heavy atom. The van der Waals surface area contributed by atoms with E-state index < -0.39 is 16.9 Å². The zero-order valence-corrected chi connectivity index (χ0v) is 7.43. The number of esters is 1. The highest BCUT2D eigenvalue weighted by molar-refractivity contribution is 6.29. The van der Waals surface area contributed by atoms with E-state index in [0.29, 0.717) is 0 Å². The molecule has 0 aliphatic rings. The zero-order chi connectivity index (χ0) is 10.0. The Kier molecular flexibility index (Phi) is 2.67. The van der Waals surface area contributed by atoms with Gasteiger partial charge >= 0.3 is 5.97 Å². The molecule has 70 valence electrons. The van der Waals surface area contributed by atoms with E-state index in [1.165, 1.54) is 7.11 Å². The molecule has 2 N–H and O–H groups in total. The molecule has 1 aromatic rings. The molecular formula is C7H6ClFN2O2. The predicted octanol–water partition coefficient (Wildman–Crippen LogP) is 1.24. The van der Waals surface area contributed by atoms with Gasteiger partial charge in [0.2, 0.25) is 0 Å². The number of aromatic nitrogens is 1. The van der Waals surface area contributed by atoms with Crippen molar-refractivity contribution in [3.05, 3.63) is 22.7 Å². The van der Waals surface area contributed by atoms with Crippen LogP contribution in [0.5, 0.6) is 0 Å². The molecule has 0 saturated carbocycles. The van der Waals surface area contributed by atoms with Crippen LogP contribution in [0.1, 0.15) is 10.5 Å². The second-order valence-corrected chi connectivity index (χ2v) is 2.55. The van der Waals surface area contributed by atoms with Gasteiger partial charge in [0.05, 0.1) is 12.8 Å². The van der Waals surface area contributed by atoms with Gasteiger partial charge in [-0.2, -0.15) is 0 Å². The van der Waals surface area contributed by atoms with E-state index in [1.807, 2.05) is 0 Å². The number of rotatable bonds is 1. The average molecular weight is 205 g/mol. The summed E-state index contributed by atoms with van der Waals surface area (Å²) in [6, 6.07) is 0.918. The number of halogens is 2. The maximum absolute atomic E-state index is 12.7. The lowest BCUT2D eigenvalue weighted by Crippen LogP contribution is -2.09. The van der Waals surface area contributed by atoms with Gasteiger partial charge in [-0.1, -0.05) is 11.6 Å². The summed E-state index contributed by atoms with van der Waals surface area (Å²) in [5.41, 5.74) is 5.02. The minimum absolute atomic E-state index is 0.103. The lowest BCUT2D eigenvalue weighted by atomic mass is 10.3. The molecule has 6 heteroatoms. The van der Waals surface area contributed by atoms with E-state index in [2.05, 4.69) is 9.72 Å². The fourth-order valence-corrected chi connectivity index (χ4v) is 0.880. The van der Waals surface area contributed by atoms with Crippen LogP contribution in [0.4, 0.5) is 10.1 Å². The van der Waals surface area contributed by atoms with E-state index in [-0.39, 0.29) is 11.4 Å². The quantitative estimate of drug-likeness (QED) is 0.552. The lowest BCUT2D eigenvalue weighted by Gasteiger charge is -2.02. The number of anilines is 1. The van der Waals surface area contributed by atoms with Gasteiger partial charge in [0, 0.05) is 6.07 Å². The largest absolute Gasteiger partial charge is 0.464 e. The van der Waals surface area contributed by atoms with Gasteiger partial charge in [-0.05, 0) is 0 Å². The number of nitrogens with zero attached hydrogens (tertiary/aromatic N) is 1. The van der Waals surface area contributed by atoms with Crippen LogP contribution in [0.3, 0.4) is 0 Å². The zero-order valence-electron chi connectivity index (χ0n) is 6.67. The summed E-state index contributed by atoms with van der Waals surface area (Å²) < 4.78 is 17.0. The van der Waals surface area contributed by atoms with Crippen molar-refractivity contribution in [2.45, 2.75) is 0 Å². The van der Waals surface area contributed by atoms with Crippen molar-refractivity contribution >= 4 is 23.3 Å². The third-order valence-corrected chi connectivity index (χ3v) is 1.61. The van der Waals surface area contributed by atoms with Crippen molar-refractivity contribution in [3.63, 3.8) is 0 Å². The highest BCUT2D eigenvalue weighted by Gasteiger charge is 2.15. The average Bonchev–Trinajstić information content (AvgIpc) is 2.10. The van der Waals surface area contributed by atoms with Crippen LogP contribution in [0, 0.1) is 5.82 Å². The summed E-state index contributed by atoms with van der Waals surface area (Å²) in [7, 11) is 1.17. The topological polar surface area (TPSA) is 65.2 Å². The molecule has 13 heavy (non-hydrogen) atoms. The number of nitrogens with two attached hydrogens (primary N) is 1. The van der Waals surface area contributed by atoms with E-state index >= 15 is 0 Å². The first kappa shape index (κ1) is 9.73. The van der Waals surface area contributed by atoms with Gasteiger partial charge in [0.1, 0.15) is 0 Å². The first-order valence-electron chi connectivity index (χ1n) is 3.26. The summed E-state index contributed by atoms with van der Waals surface area (Å²) in [5.74, 6) is -1.52. The molecule has 1 aromatic heterocycles. The van der Waals surface area contributed by atoms with Crippen LogP contribution < -0.4 is 5.73 Å². The van der Waals surface area contributed by atoms with Crippen LogP contribution in [-0.4, -0.2) is 18.1 Å². The van der Waals surface area contributed by atoms with Gasteiger partial charge in [-0.15, -0.1) is 0 Å². The number of ether oxygens (including phenoxy) is 1. The number of hydrogen-bond acceptors (Lipinski definition) is 4. The Bertz CT molecular complexity index is 357. The molecule has 1 heterocycles. The maximum atomic E-state index is 12.7. The first-order chi connectivity index (χ1) is 6.06. The number of pyridine rings is 1. The fraction of sp³-hybridized carbons (Fsp3) is 0.143. The van der Waals surface area contributed by atoms with Crippen molar-refractivity contribution in [3.8, 4) is 0 Å². The van der Waals surface area contributed by atoms with Crippen molar-refractivity contribution in [2.24, 2.45) is 0 Å². The standard InChI is InChI=1S/C7H6ClFN2O2/c1-13-7(12)5-4(10)2-3(9)6(8)11-5/h2H,10H2,1H3. The lowest BCUT2D eigenvalue weighted by molar-refractivity contribution is 0.0595. The second kappa shape index (κ2) is 3.57. The summed E-state index contributed by atoms with van der Waals surface area (Å²) in [4.78, 5) is 14.4. The number of carbonyl (C=O) groups is 1. The molecule has 0 saturated heterocycles. The summed E-state index contributed by atoms with van der Waals surface area (Å²) in [6.07, 6.45) is 0. The Hall–Kier alpha value is -1.36. The molecule has 0 aliphatic heterocycles. The van der Waals surface area contributed by atoms with E-state index in [0.717, 1.165) is 6.07 Å². The Morgan fingerprint density at radius 3 is 2.92 bits per heavy atom. The third kappa shape index (κ3) is 1.86. The highest BCUT2D eigenvalue weighted by atomic mass is 35.5. The summed E-state index contributed by atoms with van der Waals surface area (Å²) in [5, 5.41) is -0.408. The van der Waals surface area contributed by atoms with E-state index in [4.69, 9.17) is 17.3 Å². The molecule has 0 aromatic carbocycles. The van der Waals surface area contributed by atoms with Crippen molar-refractivity contribution < 1.29 is 13.9 Å². The maximum Gasteiger partial charge on any atom is 0.358 e. The minimum atomic E-state index is -0.771. The first-order valence-corrected chi connectivity index (χ1v) is 3.64. The van der Waals surface area contributed by atoms with Crippen molar-refractivity contribution in [1.29, 1.82) is 0 Å². The molecule has 4 nitrogen and oxygen atoms in total. The number of carbonyl (C=O) groups excluding carboxylic acids is 1. The van der Waals surface area contributed by atoms with Crippen LogP contribution in [0.25, 0.3) is 0 Å². The molecule has 0 radical (unpaired) electrons. The predicted molar refractivity (Wildman–Crippen MR) is 45.0 cm³/mol. The SMILES string of the molecule is COC(=O)c1nc(Cl)c(F)cc1N. The van der Waals surface area contributed by atoms with Crippen LogP contribution in [0.15, 0.2) is 6.07 Å². The molecule has 0 spiro atoms. The summed E-state index contributed by atoms with van der Waals surface area (Å²) in [6.45, 7) is 0. The van der Waals surface area contributed by atoms with Gasteiger partial charge in [-0.3, -0.25) is 0 Å². The normalized spacial score (nSPS) is 9.77. The molecular weight excluding hydrogens is 199 g/mol. The van der Waals surface area contributed by atoms with Crippen LogP contribution in [0.2, 0.25) is 5.15 Å². The van der Waals surface area contributed by atoms with E-state index in [1.54, 1.807) is 0 Å². The van der Waals surface area contributed by atoms with Gasteiger partial charge in [-0.25, -0.2) is 14.2 Å². The van der Waals surface area contributed by atoms with Crippen molar-refractivity contribution in [1.82, 2.24) is 4.98 Å². The van der Waals surface area contributed by atoms with E-state index in [9.17, 15) is 9.18 Å². The fourth-order valence-electron chi connectivity index (χ4n) is 0.741. The van der Waals surface area contributed by atoms with Gasteiger partial charge in [0.15, 0.2) is 16.7 Å². The highest BCUT2D eigenvalue weighted by Crippen LogP contribution is 2.18. The Labute approximate surface area is 78.5 Å². The molecule has 0 bridgehead atoms. The third-order valence-electron chi connectivity index (χ3n) is 1.34. The number of hydrogen-bond donors (Lipinski definition) is 1. The number of nitrogen functional groups attached to an aromatic ring is 1. The van der Waals surface area contributed by atoms with Gasteiger partial charge < -0.3 is 10.5 Å². The molecule has 0 unspecified atom stereocenters. The summed E-state index contributed by atoms with van der Waals surface area (Å²) >= 11 is 5.34. The van der Waals surface area contributed by atoms with Crippen molar-refractivity contribution in [2.75, 3.05) is 12.8 Å². The van der Waals surface area contributed by atoms with Crippen LogP contribution >= 0.6 is 11.6 Å².